The Kier molecular flexibility index (Phi) is 3.53. The first kappa shape index (κ1) is 12.8. The Balaban J connectivity index is 2.10. The Labute approximate surface area is 101 Å². The van der Waals surface area contributed by atoms with E-state index in [4.69, 9.17) is 0 Å². The maximum atomic E-state index is 13.3. The molecule has 18 heavy (non-hydrogen) atoms. The van der Waals surface area contributed by atoms with Gasteiger partial charge in [0.1, 0.15) is 0 Å². The lowest BCUT2D eigenvalue weighted by atomic mass is 10.2. The van der Waals surface area contributed by atoms with Crippen LogP contribution in [0.4, 0.5) is 18.9 Å². The van der Waals surface area contributed by atoms with Gasteiger partial charge in [-0.25, -0.2) is 13.2 Å². The van der Waals surface area contributed by atoms with Crippen molar-refractivity contribution in [3.63, 3.8) is 0 Å². The molecular formula is C11H11F3N2O2. The summed E-state index contributed by atoms with van der Waals surface area (Å²) in [6.07, 6.45) is -0.451. The summed E-state index contributed by atoms with van der Waals surface area (Å²) >= 11 is 0. The Morgan fingerprint density at radius 2 is 2.06 bits per heavy atom. The lowest BCUT2D eigenvalue weighted by Crippen LogP contribution is -2.35. The van der Waals surface area contributed by atoms with Crippen molar-refractivity contribution in [3.05, 3.63) is 29.6 Å². The van der Waals surface area contributed by atoms with Crippen LogP contribution in [0, 0.1) is 17.5 Å². The van der Waals surface area contributed by atoms with E-state index in [2.05, 4.69) is 10.6 Å². The maximum absolute atomic E-state index is 13.3. The molecule has 1 fully saturated rings. The normalized spacial score (nSPS) is 23.1. The highest BCUT2D eigenvalue weighted by Crippen LogP contribution is 2.20. The van der Waals surface area contributed by atoms with E-state index in [1.54, 1.807) is 0 Å². The second kappa shape index (κ2) is 4.95. The number of amides is 1. The molecule has 0 aromatic heterocycles. The summed E-state index contributed by atoms with van der Waals surface area (Å²) < 4.78 is 38.9. The highest BCUT2D eigenvalue weighted by Gasteiger charge is 2.28. The molecule has 7 heteroatoms. The summed E-state index contributed by atoms with van der Waals surface area (Å²) in [6.45, 7) is 0.262. The third-order valence-electron chi connectivity index (χ3n) is 2.72. The molecular weight excluding hydrogens is 249 g/mol. The van der Waals surface area contributed by atoms with Crippen LogP contribution in [0.5, 0.6) is 0 Å². The summed E-state index contributed by atoms with van der Waals surface area (Å²) in [6, 6.07) is 0.995. The molecule has 0 radical (unpaired) electrons. The van der Waals surface area contributed by atoms with Gasteiger partial charge in [-0.2, -0.15) is 0 Å². The number of anilines is 1. The van der Waals surface area contributed by atoms with Gasteiger partial charge in [-0.1, -0.05) is 0 Å². The van der Waals surface area contributed by atoms with Crippen LogP contribution in [-0.2, 0) is 4.79 Å². The predicted octanol–water partition coefficient (Wildman–Crippen LogP) is 0.765. The van der Waals surface area contributed by atoms with E-state index < -0.39 is 41.2 Å². The van der Waals surface area contributed by atoms with Crippen molar-refractivity contribution in [2.75, 3.05) is 11.9 Å². The first-order valence-corrected chi connectivity index (χ1v) is 5.35. The van der Waals surface area contributed by atoms with E-state index in [1.807, 2.05) is 0 Å². The number of halogens is 3. The zero-order valence-electron chi connectivity index (χ0n) is 9.21. The minimum atomic E-state index is -1.63. The summed E-state index contributed by atoms with van der Waals surface area (Å²) in [7, 11) is 0. The molecule has 2 rings (SSSR count). The number of carbonyl (C=O) groups excluding carboxylic acids is 1. The van der Waals surface area contributed by atoms with Crippen molar-refractivity contribution in [2.24, 2.45) is 0 Å². The number of aliphatic hydroxyl groups excluding tert-OH is 1. The second-order valence-corrected chi connectivity index (χ2v) is 4.06. The van der Waals surface area contributed by atoms with Crippen molar-refractivity contribution in [1.82, 2.24) is 5.32 Å². The average molecular weight is 260 g/mol. The van der Waals surface area contributed by atoms with Gasteiger partial charge in [0.15, 0.2) is 17.5 Å². The second-order valence-electron chi connectivity index (χ2n) is 4.06. The number of rotatable bonds is 2. The fraction of sp³-hybridized carbons (Fsp3) is 0.364. The largest absolute Gasteiger partial charge is 0.392 e. The number of β-amino-alcohol motifs (C(OH)–C–C–N with tert-alkyl or cyclic N) is 1. The Hall–Kier alpha value is -1.60. The molecule has 1 aliphatic rings. The first-order chi connectivity index (χ1) is 8.49. The highest BCUT2D eigenvalue weighted by molar-refractivity contribution is 5.95. The van der Waals surface area contributed by atoms with Crippen LogP contribution in [-0.4, -0.2) is 29.7 Å². The third kappa shape index (κ3) is 2.46. The van der Waals surface area contributed by atoms with E-state index in [9.17, 15) is 23.1 Å². The van der Waals surface area contributed by atoms with Crippen LogP contribution in [0.15, 0.2) is 12.1 Å². The van der Waals surface area contributed by atoms with Gasteiger partial charge in [0.25, 0.3) is 0 Å². The van der Waals surface area contributed by atoms with Gasteiger partial charge in [0.05, 0.1) is 17.8 Å². The molecule has 0 spiro atoms. The smallest absolute Gasteiger partial charge is 0.241 e. The molecule has 1 aromatic rings. The molecule has 1 aliphatic heterocycles. The Morgan fingerprint density at radius 3 is 2.67 bits per heavy atom. The van der Waals surface area contributed by atoms with E-state index in [-0.39, 0.29) is 13.0 Å². The van der Waals surface area contributed by atoms with Gasteiger partial charge in [-0.15, -0.1) is 0 Å². The minimum Gasteiger partial charge on any atom is -0.392 e. The Bertz CT molecular complexity index is 482. The molecule has 1 aromatic carbocycles. The van der Waals surface area contributed by atoms with E-state index in [1.165, 1.54) is 0 Å². The van der Waals surface area contributed by atoms with Gasteiger partial charge in [-0.3, -0.25) is 4.79 Å². The van der Waals surface area contributed by atoms with Gasteiger partial charge in [-0.05, 0) is 18.6 Å². The maximum Gasteiger partial charge on any atom is 0.241 e. The molecule has 2 atom stereocenters. The molecule has 1 heterocycles. The number of hydrogen-bond donors (Lipinski definition) is 3. The number of aliphatic hydroxyl groups is 1. The van der Waals surface area contributed by atoms with Crippen LogP contribution in [0.25, 0.3) is 0 Å². The Morgan fingerprint density at radius 1 is 1.33 bits per heavy atom. The lowest BCUT2D eigenvalue weighted by molar-refractivity contribution is -0.118. The lowest BCUT2D eigenvalue weighted by Gasteiger charge is -2.11. The molecule has 0 aliphatic carbocycles. The number of nitrogens with one attached hydrogen (secondary N) is 2. The molecule has 98 valence electrons. The SMILES string of the molecule is O=C(Nc1ccc(F)c(F)c1F)C1CC(O)CN1. The van der Waals surface area contributed by atoms with Gasteiger partial charge < -0.3 is 15.7 Å². The first-order valence-electron chi connectivity index (χ1n) is 5.35. The van der Waals surface area contributed by atoms with Crippen LogP contribution >= 0.6 is 0 Å². The quantitative estimate of drug-likeness (QED) is 0.688. The van der Waals surface area contributed by atoms with Crippen LogP contribution < -0.4 is 10.6 Å². The molecule has 3 N–H and O–H groups in total. The van der Waals surface area contributed by atoms with Crippen LogP contribution in [0.3, 0.4) is 0 Å². The topological polar surface area (TPSA) is 61.4 Å². The standard InChI is InChI=1S/C11H11F3N2O2/c12-6-1-2-7(10(14)9(6)13)16-11(18)8-3-5(17)4-15-8/h1-2,5,8,15,17H,3-4H2,(H,16,18). The van der Waals surface area contributed by atoms with Crippen molar-refractivity contribution in [2.45, 2.75) is 18.6 Å². The van der Waals surface area contributed by atoms with Crippen molar-refractivity contribution < 1.29 is 23.1 Å². The summed E-state index contributed by atoms with van der Waals surface area (Å²) in [5.74, 6) is -4.99. The van der Waals surface area contributed by atoms with Gasteiger partial charge in [0, 0.05) is 6.54 Å². The fourth-order valence-corrected chi connectivity index (χ4v) is 1.76. The van der Waals surface area contributed by atoms with Crippen molar-refractivity contribution in [3.8, 4) is 0 Å². The van der Waals surface area contributed by atoms with Crippen molar-refractivity contribution >= 4 is 11.6 Å². The summed E-state index contributed by atoms with van der Waals surface area (Å²) in [4.78, 5) is 11.6. The molecule has 0 bridgehead atoms. The van der Waals surface area contributed by atoms with Gasteiger partial charge in [0.2, 0.25) is 5.91 Å². The van der Waals surface area contributed by atoms with Crippen molar-refractivity contribution in [1.29, 1.82) is 0 Å². The average Bonchev–Trinajstić information content (AvgIpc) is 2.77. The molecule has 4 nitrogen and oxygen atoms in total. The predicted molar refractivity (Wildman–Crippen MR) is 57.4 cm³/mol. The summed E-state index contributed by atoms with van der Waals surface area (Å²) in [5, 5.41) is 14.1. The molecule has 0 saturated carbocycles. The van der Waals surface area contributed by atoms with E-state index in [0.717, 1.165) is 12.1 Å². The third-order valence-corrected chi connectivity index (χ3v) is 2.72. The zero-order valence-corrected chi connectivity index (χ0v) is 9.21. The number of benzene rings is 1. The van der Waals surface area contributed by atoms with Crippen LogP contribution in [0.2, 0.25) is 0 Å². The minimum absolute atomic E-state index is 0.192. The number of carbonyl (C=O) groups is 1. The fourth-order valence-electron chi connectivity index (χ4n) is 1.76. The highest BCUT2D eigenvalue weighted by atomic mass is 19.2. The molecule has 1 saturated heterocycles. The summed E-state index contributed by atoms with van der Waals surface area (Å²) in [5.41, 5.74) is -0.429. The van der Waals surface area contributed by atoms with Gasteiger partial charge >= 0.3 is 0 Å². The monoisotopic (exact) mass is 260 g/mol. The molecule has 1 amide bonds. The zero-order chi connectivity index (χ0) is 13.3. The molecule has 2 unspecified atom stereocenters. The van der Waals surface area contributed by atoms with E-state index >= 15 is 0 Å². The van der Waals surface area contributed by atoms with Crippen LogP contribution in [0.1, 0.15) is 6.42 Å². The number of hydrogen-bond acceptors (Lipinski definition) is 3. The van der Waals surface area contributed by atoms with E-state index in [0.29, 0.717) is 0 Å².